The summed E-state index contributed by atoms with van der Waals surface area (Å²) in [6, 6.07) is 0. The molecule has 1 atom stereocenters. The Hall–Kier alpha value is 0.400. The normalized spacial score (nSPS) is 15.9. The van der Waals surface area contributed by atoms with Gasteiger partial charge in [-0.05, 0) is 13.3 Å². The first-order valence-electron chi connectivity index (χ1n) is 3.86. The molecule has 0 aliphatic rings. The van der Waals surface area contributed by atoms with Crippen molar-refractivity contribution in [2.45, 2.75) is 31.4 Å². The molecular weight excluding hydrogens is 176 g/mol. The Morgan fingerprint density at radius 1 is 1.64 bits per heavy atom. The molecule has 0 amide bonds. The minimum Gasteiger partial charge on any atom is -0.375 e. The monoisotopic (exact) mass is 192 g/mol. The zero-order valence-electron chi connectivity index (χ0n) is 7.17. The predicted octanol–water partition coefficient (Wildman–Crippen LogP) is 2.49. The summed E-state index contributed by atoms with van der Waals surface area (Å²) in [5.74, 6) is 0. The highest BCUT2D eigenvalue weighted by molar-refractivity contribution is 7.81. The van der Waals surface area contributed by atoms with Crippen LogP contribution in [0.3, 0.4) is 0 Å². The highest BCUT2D eigenvalue weighted by Gasteiger charge is 2.17. The van der Waals surface area contributed by atoms with Crippen molar-refractivity contribution in [2.75, 3.05) is 13.2 Å². The highest BCUT2D eigenvalue weighted by Crippen LogP contribution is 2.20. The Bertz CT molecular complexity index is 113. The zero-order chi connectivity index (χ0) is 8.74. The molecule has 0 heterocycles. The van der Waals surface area contributed by atoms with Gasteiger partial charge in [-0.1, -0.05) is 25.6 Å². The van der Waals surface area contributed by atoms with Gasteiger partial charge in [0.2, 0.25) is 0 Å². The molecule has 0 aromatic heterocycles. The van der Waals surface area contributed by atoms with Crippen molar-refractivity contribution >= 4 is 30.2 Å². The van der Waals surface area contributed by atoms with Crippen LogP contribution < -0.4 is 0 Å². The van der Waals surface area contributed by atoms with Gasteiger partial charge in [-0.25, -0.2) is 0 Å². The van der Waals surface area contributed by atoms with Crippen LogP contribution in [-0.4, -0.2) is 23.3 Å². The first-order chi connectivity index (χ1) is 5.12. The zero-order valence-corrected chi connectivity index (χ0v) is 8.88. The second kappa shape index (κ2) is 5.98. The van der Waals surface area contributed by atoms with Crippen LogP contribution in [0.25, 0.3) is 0 Å². The molecule has 0 bridgehead atoms. The van der Waals surface area contributed by atoms with Crippen molar-refractivity contribution in [1.82, 2.24) is 0 Å². The fourth-order valence-electron chi connectivity index (χ4n) is 0.938. The predicted molar refractivity (Wildman–Crippen MR) is 56.8 cm³/mol. The summed E-state index contributed by atoms with van der Waals surface area (Å²) < 4.78 is 5.27. The molecule has 11 heavy (non-hydrogen) atoms. The van der Waals surface area contributed by atoms with Crippen molar-refractivity contribution in [1.29, 1.82) is 0 Å². The van der Waals surface area contributed by atoms with Gasteiger partial charge >= 0.3 is 0 Å². The third kappa shape index (κ3) is 6.78. The van der Waals surface area contributed by atoms with Crippen LogP contribution in [0.1, 0.15) is 26.7 Å². The minimum absolute atomic E-state index is 0.00704. The van der Waals surface area contributed by atoms with E-state index in [-0.39, 0.29) is 4.75 Å². The fraction of sp³-hybridized carbons (Fsp3) is 0.875. The van der Waals surface area contributed by atoms with Crippen LogP contribution in [0.15, 0.2) is 0 Å². The summed E-state index contributed by atoms with van der Waals surface area (Å²) in [6.07, 6.45) is 2.22. The van der Waals surface area contributed by atoms with E-state index in [4.69, 9.17) is 4.74 Å². The van der Waals surface area contributed by atoms with E-state index in [1.165, 1.54) is 0 Å². The Labute approximate surface area is 79.9 Å². The van der Waals surface area contributed by atoms with E-state index in [1.807, 2.05) is 0 Å². The van der Waals surface area contributed by atoms with E-state index in [9.17, 15) is 0 Å². The lowest BCUT2D eigenvalue weighted by Gasteiger charge is -2.21. The smallest absolute Gasteiger partial charge is 0.0750 e. The van der Waals surface area contributed by atoms with E-state index in [1.54, 1.807) is 5.37 Å². The van der Waals surface area contributed by atoms with Crippen LogP contribution in [0.2, 0.25) is 0 Å². The van der Waals surface area contributed by atoms with Gasteiger partial charge in [0.05, 0.1) is 13.2 Å². The van der Waals surface area contributed by atoms with Crippen LogP contribution in [-0.2, 0) is 4.74 Å². The SMILES string of the molecule is CCCC(C)(S)COCC=S. The number of hydrogen-bond donors (Lipinski definition) is 1. The van der Waals surface area contributed by atoms with Crippen LogP contribution in [0.4, 0.5) is 0 Å². The molecule has 1 nitrogen and oxygen atoms in total. The van der Waals surface area contributed by atoms with Crippen molar-refractivity contribution in [2.24, 2.45) is 0 Å². The highest BCUT2D eigenvalue weighted by atomic mass is 32.1. The number of thiocarbonyl (C=S) groups is 1. The standard InChI is InChI=1S/C8H16OS2/c1-3-4-8(2,11)7-9-5-6-10/h6,11H,3-5,7H2,1-2H3. The van der Waals surface area contributed by atoms with Gasteiger partial charge < -0.3 is 4.74 Å². The molecule has 0 saturated heterocycles. The van der Waals surface area contributed by atoms with Gasteiger partial charge in [-0.3, -0.25) is 0 Å². The van der Waals surface area contributed by atoms with Gasteiger partial charge in [-0.2, -0.15) is 12.6 Å². The summed E-state index contributed by atoms with van der Waals surface area (Å²) in [6.45, 7) is 5.46. The quantitative estimate of drug-likeness (QED) is 0.393. The molecule has 0 fully saturated rings. The molecule has 0 aromatic rings. The topological polar surface area (TPSA) is 9.23 Å². The third-order valence-corrected chi connectivity index (χ3v) is 1.88. The van der Waals surface area contributed by atoms with E-state index in [0.717, 1.165) is 12.8 Å². The fourth-order valence-corrected chi connectivity index (χ4v) is 1.35. The molecule has 66 valence electrons. The van der Waals surface area contributed by atoms with Gasteiger partial charge in [0.1, 0.15) is 0 Å². The van der Waals surface area contributed by atoms with E-state index in [2.05, 4.69) is 38.7 Å². The molecule has 0 aliphatic carbocycles. The van der Waals surface area contributed by atoms with Crippen LogP contribution in [0.5, 0.6) is 0 Å². The molecule has 0 aliphatic heterocycles. The van der Waals surface area contributed by atoms with E-state index >= 15 is 0 Å². The maximum Gasteiger partial charge on any atom is 0.0750 e. The second-order valence-corrected chi connectivity index (χ2v) is 4.34. The maximum atomic E-state index is 5.26. The van der Waals surface area contributed by atoms with Gasteiger partial charge in [0.25, 0.3) is 0 Å². The van der Waals surface area contributed by atoms with Crippen LogP contribution in [0, 0.1) is 0 Å². The Balaban J connectivity index is 3.45. The number of rotatable bonds is 6. The molecule has 0 saturated carbocycles. The number of hydrogen-bond acceptors (Lipinski definition) is 3. The Kier molecular flexibility index (Phi) is 6.19. The second-order valence-electron chi connectivity index (χ2n) is 2.93. The number of ether oxygens (including phenoxy) is 1. The molecule has 0 aromatic carbocycles. The first-order valence-corrected chi connectivity index (χ1v) is 4.78. The molecule has 0 N–H and O–H groups in total. The number of thiol groups is 1. The average molecular weight is 192 g/mol. The summed E-state index contributed by atoms with van der Waals surface area (Å²) in [4.78, 5) is 0. The van der Waals surface area contributed by atoms with Gasteiger partial charge in [0, 0.05) is 10.1 Å². The van der Waals surface area contributed by atoms with Crippen molar-refractivity contribution in [3.8, 4) is 0 Å². The summed E-state index contributed by atoms with van der Waals surface area (Å²) in [5, 5.41) is 1.59. The van der Waals surface area contributed by atoms with Gasteiger partial charge in [0.15, 0.2) is 0 Å². The lowest BCUT2D eigenvalue weighted by atomic mass is 10.1. The van der Waals surface area contributed by atoms with Crippen molar-refractivity contribution < 1.29 is 4.74 Å². The van der Waals surface area contributed by atoms with Crippen LogP contribution >= 0.6 is 24.8 Å². The summed E-state index contributed by atoms with van der Waals surface area (Å²) >= 11 is 9.10. The summed E-state index contributed by atoms with van der Waals surface area (Å²) in [7, 11) is 0. The first kappa shape index (κ1) is 11.4. The van der Waals surface area contributed by atoms with Gasteiger partial charge in [-0.15, -0.1) is 0 Å². The largest absolute Gasteiger partial charge is 0.375 e. The Morgan fingerprint density at radius 2 is 2.27 bits per heavy atom. The van der Waals surface area contributed by atoms with Crippen molar-refractivity contribution in [3.05, 3.63) is 0 Å². The van der Waals surface area contributed by atoms with E-state index < -0.39 is 0 Å². The molecule has 3 heteroatoms. The third-order valence-electron chi connectivity index (χ3n) is 1.39. The molecule has 0 spiro atoms. The molecular formula is C8H16OS2. The minimum atomic E-state index is 0.00704. The molecule has 0 radical (unpaired) electrons. The molecule has 1 unspecified atom stereocenters. The molecule has 0 rings (SSSR count). The maximum absolute atomic E-state index is 5.26. The lowest BCUT2D eigenvalue weighted by Crippen LogP contribution is -2.24. The van der Waals surface area contributed by atoms with E-state index in [0.29, 0.717) is 13.2 Å². The lowest BCUT2D eigenvalue weighted by molar-refractivity contribution is 0.149. The summed E-state index contributed by atoms with van der Waals surface area (Å²) in [5.41, 5.74) is 0. The van der Waals surface area contributed by atoms with Crippen molar-refractivity contribution in [3.63, 3.8) is 0 Å². The average Bonchev–Trinajstić information content (AvgIpc) is 1.87. The Morgan fingerprint density at radius 3 is 2.73 bits per heavy atom.